The maximum absolute atomic E-state index is 13.1. The highest BCUT2D eigenvalue weighted by atomic mass is 16.2. The predicted molar refractivity (Wildman–Crippen MR) is 78.1 cm³/mol. The van der Waals surface area contributed by atoms with E-state index < -0.39 is 42.9 Å². The molecule has 0 aliphatic heterocycles. The highest BCUT2D eigenvalue weighted by Gasteiger charge is 2.30. The van der Waals surface area contributed by atoms with E-state index in [4.69, 9.17) is 12.6 Å². The van der Waals surface area contributed by atoms with Crippen molar-refractivity contribution >= 4 is 28.2 Å². The zero-order chi connectivity index (χ0) is 19.4. The number of Topliss-reactive ketones (excluding diaryl/α,β-unsaturated/α-hetero) is 2. The lowest BCUT2D eigenvalue weighted by molar-refractivity contribution is -0.132. The zero-order valence-electron chi connectivity index (χ0n) is 16.0. The molecule has 0 spiro atoms. The second-order valence-corrected chi connectivity index (χ2v) is 4.67. The van der Waals surface area contributed by atoms with Crippen molar-refractivity contribution in [2.24, 2.45) is 0 Å². The Morgan fingerprint density at radius 3 is 3.05 bits per heavy atom. The number of nitrogens with zero attached hydrogens (tertiary/aromatic N) is 2. The van der Waals surface area contributed by atoms with Gasteiger partial charge in [0.2, 0.25) is 0 Å². The average molecular weight is 290 g/mol. The van der Waals surface area contributed by atoms with Gasteiger partial charge in [-0.1, -0.05) is 6.07 Å². The summed E-state index contributed by atoms with van der Waals surface area (Å²) >= 11 is 0. The molecule has 1 aromatic carbocycles. The fourth-order valence-electron chi connectivity index (χ4n) is 2.30. The molecular weight excluding hydrogens is 270 g/mol. The van der Waals surface area contributed by atoms with E-state index in [9.17, 15) is 14.4 Å². The molecule has 2 aromatic rings. The summed E-state index contributed by atoms with van der Waals surface area (Å²) in [5.74, 6) is -1.70. The smallest absolute Gasteiger partial charge is 0.264 e. The minimum atomic E-state index is -2.42. The molecule has 6 heteroatoms. The number of ketones is 2. The first-order valence-corrected chi connectivity index (χ1v) is 6.21. The number of rotatable bonds is 1. The molecule has 3 rings (SSSR count). The van der Waals surface area contributed by atoms with Gasteiger partial charge in [-0.05, 0) is 25.4 Å². The fraction of sp³-hybridized carbons (Fsp3) is 0.333. The summed E-state index contributed by atoms with van der Waals surface area (Å²) in [6.45, 7) is -0.582. The number of hydrogen-bond donors (Lipinski definition) is 1. The van der Waals surface area contributed by atoms with Crippen LogP contribution >= 0.6 is 0 Å². The molecule has 0 bridgehead atoms. The Morgan fingerprint density at radius 2 is 2.33 bits per heavy atom. The molecule has 6 nitrogen and oxygen atoms in total. The molecule has 108 valence electrons. The van der Waals surface area contributed by atoms with Crippen LogP contribution in [0.4, 0.5) is 5.69 Å². The van der Waals surface area contributed by atoms with Crippen LogP contribution in [0.2, 0.25) is 0 Å². The van der Waals surface area contributed by atoms with Gasteiger partial charge in [0, 0.05) is 14.8 Å². The van der Waals surface area contributed by atoms with Crippen LogP contribution in [0.25, 0.3) is 10.9 Å². The number of hydrogen-bond acceptors (Lipinski definition) is 5. The van der Waals surface area contributed by atoms with Gasteiger partial charge in [0.25, 0.3) is 5.56 Å². The van der Waals surface area contributed by atoms with Gasteiger partial charge >= 0.3 is 0 Å². The lowest BCUT2D eigenvalue weighted by atomic mass is 9.92. The third-order valence-corrected chi connectivity index (χ3v) is 3.27. The molecule has 0 amide bonds. The van der Waals surface area contributed by atoms with Crippen molar-refractivity contribution in [3.63, 3.8) is 0 Å². The molecule has 0 radical (unpaired) electrons. The van der Waals surface area contributed by atoms with Gasteiger partial charge in [-0.15, -0.1) is 0 Å². The van der Waals surface area contributed by atoms with Crippen molar-refractivity contribution in [2.45, 2.75) is 32.2 Å². The van der Waals surface area contributed by atoms with Gasteiger partial charge in [-0.25, -0.2) is 4.98 Å². The number of nitrogens with two attached hydrogens (primary N) is 1. The van der Waals surface area contributed by atoms with Crippen molar-refractivity contribution in [2.75, 3.05) is 5.73 Å². The SMILES string of the molecule is [2H]Cc1nc2c([2H])cc([2H])c(N)c2c(=O)n1C1([2H])C(=O)CC(=O)CC1[2H]. The van der Waals surface area contributed by atoms with E-state index in [2.05, 4.69) is 4.98 Å². The first-order chi connectivity index (χ1) is 12.1. The molecule has 1 aromatic heterocycles. The number of nitrogen functional groups attached to an aromatic ring is 1. The van der Waals surface area contributed by atoms with Gasteiger partial charge in [0.15, 0.2) is 5.78 Å². The molecule has 1 fully saturated rings. The summed E-state index contributed by atoms with van der Waals surface area (Å²) in [6.07, 6.45) is -2.51. The van der Waals surface area contributed by atoms with Crippen molar-refractivity contribution in [3.05, 3.63) is 34.3 Å². The van der Waals surface area contributed by atoms with Crippen LogP contribution in [-0.2, 0) is 9.59 Å². The molecular formula is C15H15N3O3. The molecule has 2 atom stereocenters. The van der Waals surface area contributed by atoms with Crippen LogP contribution in [-0.4, -0.2) is 21.1 Å². The topological polar surface area (TPSA) is 95.0 Å². The van der Waals surface area contributed by atoms with Gasteiger partial charge in [-0.2, -0.15) is 0 Å². The number of carbonyl (C=O) groups excluding carboxylic acids is 2. The highest BCUT2D eigenvalue weighted by molar-refractivity contribution is 6.03. The molecule has 2 N–H and O–H groups in total. The van der Waals surface area contributed by atoms with E-state index in [0.29, 0.717) is 4.57 Å². The maximum atomic E-state index is 13.1. The number of anilines is 1. The summed E-state index contributed by atoms with van der Waals surface area (Å²) in [5.41, 5.74) is 4.43. The zero-order valence-corrected chi connectivity index (χ0v) is 11.0. The predicted octanol–water partition coefficient (Wildman–Crippen LogP) is 1.15. The minimum absolute atomic E-state index is 0.133. The van der Waals surface area contributed by atoms with Gasteiger partial charge in [-0.3, -0.25) is 19.0 Å². The summed E-state index contributed by atoms with van der Waals surface area (Å²) in [4.78, 5) is 41.1. The van der Waals surface area contributed by atoms with Crippen molar-refractivity contribution in [1.82, 2.24) is 9.55 Å². The highest BCUT2D eigenvalue weighted by Crippen LogP contribution is 2.24. The Balaban J connectivity index is 2.45. The van der Waals surface area contributed by atoms with Crippen LogP contribution in [0.3, 0.4) is 0 Å². The van der Waals surface area contributed by atoms with E-state index >= 15 is 0 Å². The number of aryl methyl sites for hydroxylation is 1. The third kappa shape index (κ3) is 2.12. The number of benzene rings is 1. The van der Waals surface area contributed by atoms with Crippen molar-refractivity contribution in [1.29, 1.82) is 0 Å². The summed E-state index contributed by atoms with van der Waals surface area (Å²) in [6, 6.07) is -1.84. The van der Waals surface area contributed by atoms with Crippen molar-refractivity contribution < 1.29 is 16.4 Å². The van der Waals surface area contributed by atoms with Gasteiger partial charge in [0.1, 0.15) is 11.6 Å². The lowest BCUT2D eigenvalue weighted by Gasteiger charge is -2.24. The third-order valence-electron chi connectivity index (χ3n) is 3.27. The second kappa shape index (κ2) is 4.80. The Kier molecular flexibility index (Phi) is 1.99. The summed E-state index contributed by atoms with van der Waals surface area (Å²) < 4.78 is 40.5. The lowest BCUT2D eigenvalue weighted by Crippen LogP contribution is -2.36. The first kappa shape index (κ1) is 8.71. The molecule has 1 aliphatic rings. The molecule has 21 heavy (non-hydrogen) atoms. The quantitative estimate of drug-likeness (QED) is 0.628. The van der Waals surface area contributed by atoms with Crippen LogP contribution in [0.1, 0.15) is 37.9 Å². The normalized spacial score (nSPS) is 29.5. The van der Waals surface area contributed by atoms with Crippen LogP contribution in [0.5, 0.6) is 0 Å². The van der Waals surface area contributed by atoms with E-state index in [1.165, 1.54) is 0 Å². The minimum Gasteiger partial charge on any atom is -0.398 e. The van der Waals surface area contributed by atoms with E-state index in [0.717, 1.165) is 6.07 Å². The fourth-order valence-corrected chi connectivity index (χ4v) is 2.30. The largest absolute Gasteiger partial charge is 0.398 e. The summed E-state index contributed by atoms with van der Waals surface area (Å²) in [5, 5.41) is -0.303. The van der Waals surface area contributed by atoms with Crippen LogP contribution in [0, 0.1) is 6.90 Å². The molecule has 1 saturated carbocycles. The van der Waals surface area contributed by atoms with Gasteiger partial charge < -0.3 is 5.73 Å². The standard InChI is InChI=1S/C15H15N3O3/c1-8-17-11-4-2-3-10(16)14(11)15(21)18(8)12-6-5-9(19)7-13(12)20/h2-4,12H,5-7,16H2,1H3/i1D,3D,4D,6D,12D. The van der Waals surface area contributed by atoms with Gasteiger partial charge in [0.05, 0.1) is 27.5 Å². The van der Waals surface area contributed by atoms with Crippen molar-refractivity contribution in [3.8, 4) is 0 Å². The van der Waals surface area contributed by atoms with E-state index in [1.54, 1.807) is 0 Å². The van der Waals surface area contributed by atoms with Crippen LogP contribution in [0.15, 0.2) is 22.9 Å². The molecule has 1 heterocycles. The molecule has 1 aliphatic carbocycles. The van der Waals surface area contributed by atoms with E-state index in [-0.39, 0.29) is 40.9 Å². The Hall–Kier alpha value is -2.50. The summed E-state index contributed by atoms with van der Waals surface area (Å²) in [7, 11) is 0. The first-order valence-electron chi connectivity index (χ1n) is 8.99. The Morgan fingerprint density at radius 1 is 1.52 bits per heavy atom. The Bertz CT molecular complexity index is 1020. The second-order valence-electron chi connectivity index (χ2n) is 4.67. The number of aromatic nitrogens is 2. The number of fused-ring (bicyclic) bond motifs is 1. The van der Waals surface area contributed by atoms with E-state index in [1.807, 2.05) is 0 Å². The Labute approximate surface area is 127 Å². The maximum Gasteiger partial charge on any atom is 0.264 e. The molecule has 2 unspecified atom stereocenters. The molecule has 0 saturated heterocycles. The number of carbonyl (C=O) groups is 2. The van der Waals surface area contributed by atoms with Crippen LogP contribution < -0.4 is 11.3 Å². The average Bonchev–Trinajstić information content (AvgIpc) is 2.56. The monoisotopic (exact) mass is 290 g/mol.